The van der Waals surface area contributed by atoms with Crippen LogP contribution in [0, 0.1) is 0 Å². The van der Waals surface area contributed by atoms with Crippen LogP contribution in [0.25, 0.3) is 0 Å². The molecule has 0 saturated heterocycles. The van der Waals surface area contributed by atoms with Gasteiger partial charge in [-0.3, -0.25) is 0 Å². The highest BCUT2D eigenvalue weighted by atomic mass is 19.4. The summed E-state index contributed by atoms with van der Waals surface area (Å²) in [4.78, 5) is 3.50. The van der Waals surface area contributed by atoms with E-state index in [0.29, 0.717) is 0 Å². The molecule has 1 heterocycles. The molecule has 6 heteroatoms. The average molecular weight is 274 g/mol. The van der Waals surface area contributed by atoms with Crippen molar-refractivity contribution in [1.29, 1.82) is 0 Å². The smallest absolute Gasteiger partial charge is 0.433 e. The number of hydrogen-bond acceptors (Lipinski definition) is 3. The number of nitrogens with two attached hydrogens (primary N) is 1. The van der Waals surface area contributed by atoms with Gasteiger partial charge in [0.1, 0.15) is 11.8 Å². The fraction of sp³-hybridized carbons (Fsp3) is 0.615. The predicted octanol–water partition coefficient (Wildman–Crippen LogP) is 3.14. The number of hydrogen-bond donors (Lipinski definition) is 1. The lowest BCUT2D eigenvalue weighted by Gasteiger charge is -2.22. The van der Waals surface area contributed by atoms with Gasteiger partial charge in [-0.05, 0) is 25.3 Å². The number of nitrogens with zero attached hydrogens (tertiary/aromatic N) is 1. The second-order valence-corrected chi connectivity index (χ2v) is 4.82. The molecule has 2 rings (SSSR count). The average Bonchev–Trinajstić information content (AvgIpc) is 2.54. The van der Waals surface area contributed by atoms with Crippen LogP contribution < -0.4 is 10.5 Å². The fourth-order valence-corrected chi connectivity index (χ4v) is 2.24. The molecule has 1 fully saturated rings. The van der Waals surface area contributed by atoms with Gasteiger partial charge in [-0.25, -0.2) is 4.98 Å². The highest BCUT2D eigenvalue weighted by Crippen LogP contribution is 2.29. The van der Waals surface area contributed by atoms with Gasteiger partial charge in [0.2, 0.25) is 5.88 Å². The van der Waals surface area contributed by atoms with Crippen molar-refractivity contribution < 1.29 is 17.9 Å². The molecule has 3 nitrogen and oxygen atoms in total. The van der Waals surface area contributed by atoms with Crippen molar-refractivity contribution in [2.75, 3.05) is 0 Å². The summed E-state index contributed by atoms with van der Waals surface area (Å²) in [6.07, 6.45) is 0.00417. The van der Waals surface area contributed by atoms with E-state index in [-0.39, 0.29) is 18.0 Å². The highest BCUT2D eigenvalue weighted by Gasteiger charge is 2.33. The molecule has 106 valence electrons. The molecule has 0 bridgehead atoms. The van der Waals surface area contributed by atoms with Crippen LogP contribution in [0.2, 0.25) is 0 Å². The van der Waals surface area contributed by atoms with E-state index < -0.39 is 11.9 Å². The Morgan fingerprint density at radius 1 is 1.16 bits per heavy atom. The van der Waals surface area contributed by atoms with Gasteiger partial charge >= 0.3 is 6.18 Å². The van der Waals surface area contributed by atoms with Crippen LogP contribution in [0.1, 0.15) is 37.8 Å². The lowest BCUT2D eigenvalue weighted by atomic mass is 10.1. The monoisotopic (exact) mass is 274 g/mol. The molecule has 0 aliphatic heterocycles. The Balaban J connectivity index is 2.09. The standard InChI is InChI=1S/C13H17F3N2O/c14-13(15,16)11-7-4-8-12(18-11)19-10-6-3-1-2-5-9(10)17/h4,7-10H,1-3,5-6,17H2. The van der Waals surface area contributed by atoms with Crippen LogP contribution in [0.5, 0.6) is 5.88 Å². The van der Waals surface area contributed by atoms with Crippen molar-refractivity contribution in [2.45, 2.75) is 50.4 Å². The van der Waals surface area contributed by atoms with Gasteiger partial charge in [-0.15, -0.1) is 0 Å². The molecule has 1 aliphatic carbocycles. The van der Waals surface area contributed by atoms with Crippen molar-refractivity contribution in [1.82, 2.24) is 4.98 Å². The van der Waals surface area contributed by atoms with Crippen LogP contribution in [0.3, 0.4) is 0 Å². The molecule has 0 spiro atoms. The first-order valence-corrected chi connectivity index (χ1v) is 6.43. The van der Waals surface area contributed by atoms with Crippen LogP contribution in [0.15, 0.2) is 18.2 Å². The number of ether oxygens (including phenoxy) is 1. The number of aromatic nitrogens is 1. The summed E-state index contributed by atoms with van der Waals surface area (Å²) in [5.41, 5.74) is 5.04. The molecule has 0 aromatic carbocycles. The van der Waals surface area contributed by atoms with Crippen molar-refractivity contribution in [2.24, 2.45) is 5.73 Å². The molecule has 0 radical (unpaired) electrons. The fourth-order valence-electron chi connectivity index (χ4n) is 2.24. The largest absolute Gasteiger partial charge is 0.473 e. The van der Waals surface area contributed by atoms with Crippen molar-refractivity contribution in [3.8, 4) is 5.88 Å². The zero-order valence-corrected chi connectivity index (χ0v) is 10.5. The third kappa shape index (κ3) is 3.83. The van der Waals surface area contributed by atoms with E-state index in [9.17, 15) is 13.2 Å². The molecule has 2 atom stereocenters. The molecule has 19 heavy (non-hydrogen) atoms. The van der Waals surface area contributed by atoms with Gasteiger partial charge in [-0.1, -0.05) is 18.9 Å². The number of alkyl halides is 3. The lowest BCUT2D eigenvalue weighted by molar-refractivity contribution is -0.141. The van der Waals surface area contributed by atoms with E-state index >= 15 is 0 Å². The van der Waals surface area contributed by atoms with E-state index in [0.717, 1.165) is 38.2 Å². The van der Waals surface area contributed by atoms with Crippen molar-refractivity contribution >= 4 is 0 Å². The minimum absolute atomic E-state index is 0.00262. The quantitative estimate of drug-likeness (QED) is 0.843. The van der Waals surface area contributed by atoms with E-state index in [1.165, 1.54) is 12.1 Å². The van der Waals surface area contributed by atoms with Gasteiger partial charge in [0, 0.05) is 12.1 Å². The third-order valence-corrected chi connectivity index (χ3v) is 3.29. The summed E-state index contributed by atoms with van der Waals surface area (Å²) in [5.74, 6) is -0.00262. The van der Waals surface area contributed by atoms with E-state index in [2.05, 4.69) is 4.98 Å². The minimum Gasteiger partial charge on any atom is -0.473 e. The van der Waals surface area contributed by atoms with Crippen LogP contribution in [0.4, 0.5) is 13.2 Å². The molecule has 2 unspecified atom stereocenters. The number of rotatable bonds is 2. The maximum absolute atomic E-state index is 12.5. The Morgan fingerprint density at radius 2 is 1.89 bits per heavy atom. The summed E-state index contributed by atoms with van der Waals surface area (Å²) in [6, 6.07) is 3.53. The zero-order chi connectivity index (χ0) is 13.9. The first-order chi connectivity index (χ1) is 8.97. The maximum Gasteiger partial charge on any atom is 0.433 e. The lowest BCUT2D eigenvalue weighted by Crippen LogP contribution is -2.38. The van der Waals surface area contributed by atoms with E-state index in [1.54, 1.807) is 0 Å². The molecular formula is C13H17F3N2O. The minimum atomic E-state index is -4.45. The Kier molecular flexibility index (Phi) is 4.29. The third-order valence-electron chi connectivity index (χ3n) is 3.29. The summed E-state index contributed by atoms with van der Waals surface area (Å²) in [7, 11) is 0. The summed E-state index contributed by atoms with van der Waals surface area (Å²) in [5, 5.41) is 0. The highest BCUT2D eigenvalue weighted by molar-refractivity contribution is 5.18. The van der Waals surface area contributed by atoms with Crippen LogP contribution in [-0.2, 0) is 6.18 Å². The van der Waals surface area contributed by atoms with Gasteiger partial charge in [0.15, 0.2) is 0 Å². The topological polar surface area (TPSA) is 48.1 Å². The van der Waals surface area contributed by atoms with Gasteiger partial charge in [-0.2, -0.15) is 13.2 Å². The van der Waals surface area contributed by atoms with Crippen molar-refractivity contribution in [3.05, 3.63) is 23.9 Å². The SMILES string of the molecule is NC1CCCCCC1Oc1cccc(C(F)(F)F)n1. The Hall–Kier alpha value is -1.30. The molecule has 1 aromatic rings. The number of pyridine rings is 1. The predicted molar refractivity (Wildman–Crippen MR) is 64.7 cm³/mol. The molecular weight excluding hydrogens is 257 g/mol. The second-order valence-electron chi connectivity index (χ2n) is 4.82. The van der Waals surface area contributed by atoms with Gasteiger partial charge < -0.3 is 10.5 Å². The molecule has 2 N–H and O–H groups in total. The zero-order valence-electron chi connectivity index (χ0n) is 10.5. The Bertz CT molecular complexity index is 423. The van der Waals surface area contributed by atoms with Crippen LogP contribution in [-0.4, -0.2) is 17.1 Å². The van der Waals surface area contributed by atoms with E-state index in [1.807, 2.05) is 0 Å². The molecule has 1 aromatic heterocycles. The van der Waals surface area contributed by atoms with Gasteiger partial charge in [0.05, 0.1) is 0 Å². The van der Waals surface area contributed by atoms with Gasteiger partial charge in [0.25, 0.3) is 0 Å². The van der Waals surface area contributed by atoms with E-state index in [4.69, 9.17) is 10.5 Å². The molecule has 1 aliphatic rings. The summed E-state index contributed by atoms with van der Waals surface area (Å²) >= 11 is 0. The second kappa shape index (κ2) is 5.77. The Morgan fingerprint density at radius 3 is 2.63 bits per heavy atom. The Labute approximate surface area is 110 Å². The molecule has 0 amide bonds. The van der Waals surface area contributed by atoms with Crippen LogP contribution >= 0.6 is 0 Å². The molecule has 1 saturated carbocycles. The normalized spacial score (nSPS) is 24.8. The first-order valence-electron chi connectivity index (χ1n) is 6.43. The summed E-state index contributed by atoms with van der Waals surface area (Å²) in [6.45, 7) is 0. The maximum atomic E-state index is 12.5. The van der Waals surface area contributed by atoms with Crippen molar-refractivity contribution in [3.63, 3.8) is 0 Å². The number of halogens is 3. The summed E-state index contributed by atoms with van der Waals surface area (Å²) < 4.78 is 43.2. The first kappa shape index (κ1) is 14.1.